The van der Waals surface area contributed by atoms with E-state index >= 15 is 0 Å². The fourth-order valence-electron chi connectivity index (χ4n) is 2.39. The Kier molecular flexibility index (Phi) is 6.74. The smallest absolute Gasteiger partial charge is 0.410 e. The Labute approximate surface area is 152 Å². The molecule has 26 heavy (non-hydrogen) atoms. The molecular formula is C17H26N2O7. The molecule has 2 heterocycles. The fourth-order valence-corrected chi connectivity index (χ4v) is 2.39. The predicted octanol–water partition coefficient (Wildman–Crippen LogP) is 3.10. The first-order valence-corrected chi connectivity index (χ1v) is 8.62. The molecular weight excluding hydrogens is 344 g/mol. The molecule has 9 heteroatoms. The fraction of sp³-hybridized carbons (Fsp3) is 0.706. The number of nitrogens with zero attached hydrogens (tertiary/aromatic N) is 2. The number of ether oxygens (including phenoxy) is 4. The van der Waals surface area contributed by atoms with Crippen LogP contribution in [0.3, 0.4) is 0 Å². The van der Waals surface area contributed by atoms with E-state index in [2.05, 4.69) is 4.98 Å². The van der Waals surface area contributed by atoms with Crippen molar-refractivity contribution in [1.29, 1.82) is 0 Å². The Morgan fingerprint density at radius 2 is 2.08 bits per heavy atom. The van der Waals surface area contributed by atoms with Crippen LogP contribution in [0.25, 0.3) is 0 Å². The van der Waals surface area contributed by atoms with E-state index in [1.807, 2.05) is 27.7 Å². The van der Waals surface area contributed by atoms with Gasteiger partial charge in [-0.2, -0.15) is 0 Å². The zero-order chi connectivity index (χ0) is 19.3. The van der Waals surface area contributed by atoms with Crippen LogP contribution >= 0.6 is 0 Å². The van der Waals surface area contributed by atoms with Crippen molar-refractivity contribution in [3.63, 3.8) is 0 Å². The standard InChI is InChI=1S/C17H26N2O7/c1-11(2)23-9-6-17(3,4)26-13-10-12(16-24-7-5-8-25-16)18-15(14(13)20)19(21)22/h10-11,16,20H,5-9H2,1-4H3. The van der Waals surface area contributed by atoms with E-state index in [4.69, 9.17) is 18.9 Å². The van der Waals surface area contributed by atoms with Gasteiger partial charge in [0.15, 0.2) is 5.75 Å². The molecule has 1 aliphatic rings. The van der Waals surface area contributed by atoms with Crippen molar-refractivity contribution in [3.05, 3.63) is 21.9 Å². The van der Waals surface area contributed by atoms with Gasteiger partial charge in [0, 0.05) is 12.5 Å². The van der Waals surface area contributed by atoms with Crippen LogP contribution in [0.15, 0.2) is 6.07 Å². The van der Waals surface area contributed by atoms with Crippen molar-refractivity contribution in [2.75, 3.05) is 19.8 Å². The highest BCUT2D eigenvalue weighted by molar-refractivity contribution is 5.51. The van der Waals surface area contributed by atoms with Crippen LogP contribution in [-0.2, 0) is 14.2 Å². The predicted molar refractivity (Wildman–Crippen MR) is 92.2 cm³/mol. The second-order valence-electron chi connectivity index (χ2n) is 6.93. The Hall–Kier alpha value is -1.97. The first-order chi connectivity index (χ1) is 12.2. The Bertz CT molecular complexity index is 628. The zero-order valence-corrected chi connectivity index (χ0v) is 15.6. The van der Waals surface area contributed by atoms with Crippen molar-refractivity contribution >= 4 is 5.82 Å². The topological polar surface area (TPSA) is 113 Å². The van der Waals surface area contributed by atoms with E-state index in [1.54, 1.807) is 0 Å². The Morgan fingerprint density at radius 1 is 1.42 bits per heavy atom. The first kappa shape index (κ1) is 20.3. The third kappa shape index (κ3) is 5.52. The summed E-state index contributed by atoms with van der Waals surface area (Å²) < 4.78 is 22.3. The molecule has 0 amide bonds. The summed E-state index contributed by atoms with van der Waals surface area (Å²) in [7, 11) is 0. The molecule has 1 saturated heterocycles. The summed E-state index contributed by atoms with van der Waals surface area (Å²) in [5, 5.41) is 21.5. The highest BCUT2D eigenvalue weighted by Gasteiger charge is 2.32. The molecule has 0 aromatic carbocycles. The molecule has 1 aromatic rings. The van der Waals surface area contributed by atoms with E-state index in [1.165, 1.54) is 6.07 Å². The van der Waals surface area contributed by atoms with Gasteiger partial charge in [-0.3, -0.25) is 0 Å². The highest BCUT2D eigenvalue weighted by Crippen LogP contribution is 2.39. The van der Waals surface area contributed by atoms with Gasteiger partial charge in [-0.25, -0.2) is 0 Å². The quantitative estimate of drug-likeness (QED) is 0.548. The summed E-state index contributed by atoms with van der Waals surface area (Å²) in [4.78, 5) is 14.4. The lowest BCUT2D eigenvalue weighted by Crippen LogP contribution is -2.30. The van der Waals surface area contributed by atoms with E-state index in [9.17, 15) is 15.2 Å². The van der Waals surface area contributed by atoms with Crippen molar-refractivity contribution in [1.82, 2.24) is 4.98 Å². The molecule has 0 spiro atoms. The molecule has 1 aromatic heterocycles. The monoisotopic (exact) mass is 370 g/mol. The van der Waals surface area contributed by atoms with Crippen LogP contribution in [0.2, 0.25) is 0 Å². The minimum absolute atomic E-state index is 0.0333. The third-order valence-corrected chi connectivity index (χ3v) is 3.74. The van der Waals surface area contributed by atoms with Gasteiger partial charge in [-0.1, -0.05) is 0 Å². The summed E-state index contributed by atoms with van der Waals surface area (Å²) in [6.07, 6.45) is 0.543. The van der Waals surface area contributed by atoms with Crippen molar-refractivity contribution in [3.8, 4) is 11.5 Å². The van der Waals surface area contributed by atoms with E-state index < -0.39 is 28.4 Å². The molecule has 0 bridgehead atoms. The zero-order valence-electron chi connectivity index (χ0n) is 15.6. The van der Waals surface area contributed by atoms with Gasteiger partial charge in [0.05, 0.1) is 25.9 Å². The first-order valence-electron chi connectivity index (χ1n) is 8.62. The third-order valence-electron chi connectivity index (χ3n) is 3.74. The van der Waals surface area contributed by atoms with Gasteiger partial charge in [-0.15, -0.1) is 0 Å². The lowest BCUT2D eigenvalue weighted by molar-refractivity contribution is -0.391. The van der Waals surface area contributed by atoms with E-state index in [-0.39, 0.29) is 17.5 Å². The van der Waals surface area contributed by atoms with E-state index in [0.29, 0.717) is 26.2 Å². The lowest BCUT2D eigenvalue weighted by atomic mass is 10.1. The van der Waals surface area contributed by atoms with Gasteiger partial charge in [0.25, 0.3) is 5.75 Å². The summed E-state index contributed by atoms with van der Waals surface area (Å²) in [5.41, 5.74) is -0.522. The van der Waals surface area contributed by atoms with Gasteiger partial charge in [0.2, 0.25) is 12.0 Å². The Balaban J connectivity index is 2.25. The van der Waals surface area contributed by atoms with Gasteiger partial charge >= 0.3 is 5.82 Å². The average Bonchev–Trinajstić information content (AvgIpc) is 2.56. The molecule has 2 rings (SSSR count). The molecule has 0 radical (unpaired) electrons. The summed E-state index contributed by atoms with van der Waals surface area (Å²) >= 11 is 0. The molecule has 0 aliphatic carbocycles. The second-order valence-corrected chi connectivity index (χ2v) is 6.93. The Morgan fingerprint density at radius 3 is 2.65 bits per heavy atom. The number of pyridine rings is 1. The van der Waals surface area contributed by atoms with Crippen LogP contribution in [0.1, 0.15) is 52.5 Å². The molecule has 1 aliphatic heterocycles. The maximum atomic E-state index is 11.2. The highest BCUT2D eigenvalue weighted by atomic mass is 16.7. The maximum Gasteiger partial charge on any atom is 0.410 e. The molecule has 1 fully saturated rings. The van der Waals surface area contributed by atoms with Crippen molar-refractivity contribution < 1.29 is 29.0 Å². The largest absolute Gasteiger partial charge is 0.498 e. The molecule has 1 N–H and O–H groups in total. The average molecular weight is 370 g/mol. The normalized spacial score (nSPS) is 16.0. The van der Waals surface area contributed by atoms with Crippen LogP contribution < -0.4 is 4.74 Å². The van der Waals surface area contributed by atoms with Gasteiger partial charge in [-0.05, 0) is 44.0 Å². The number of hydrogen-bond acceptors (Lipinski definition) is 8. The number of aromatic hydroxyl groups is 1. The van der Waals surface area contributed by atoms with Crippen LogP contribution in [0.4, 0.5) is 5.82 Å². The number of aromatic nitrogens is 1. The van der Waals surface area contributed by atoms with Crippen LogP contribution in [0.5, 0.6) is 11.5 Å². The minimum Gasteiger partial charge on any atom is -0.498 e. The number of hydrogen-bond donors (Lipinski definition) is 1. The van der Waals surface area contributed by atoms with Crippen LogP contribution in [0, 0.1) is 10.1 Å². The molecule has 0 unspecified atom stereocenters. The summed E-state index contributed by atoms with van der Waals surface area (Å²) in [6, 6.07) is 1.42. The SMILES string of the molecule is CC(C)OCCC(C)(C)Oc1cc(C2OCCCO2)nc([N+](=O)[O-])c1O. The molecule has 0 saturated carbocycles. The molecule has 9 nitrogen and oxygen atoms in total. The van der Waals surface area contributed by atoms with Crippen LogP contribution in [-0.4, -0.2) is 46.5 Å². The van der Waals surface area contributed by atoms with Gasteiger partial charge < -0.3 is 34.2 Å². The summed E-state index contributed by atoms with van der Waals surface area (Å²) in [5.74, 6) is -1.34. The summed E-state index contributed by atoms with van der Waals surface area (Å²) in [6.45, 7) is 8.89. The lowest BCUT2D eigenvalue weighted by Gasteiger charge is -2.27. The second kappa shape index (κ2) is 8.61. The molecule has 146 valence electrons. The molecule has 0 atom stereocenters. The minimum atomic E-state index is -0.821. The maximum absolute atomic E-state index is 11.2. The van der Waals surface area contributed by atoms with E-state index in [0.717, 1.165) is 6.42 Å². The van der Waals surface area contributed by atoms with Crippen molar-refractivity contribution in [2.45, 2.75) is 58.5 Å². The van der Waals surface area contributed by atoms with Crippen molar-refractivity contribution in [2.24, 2.45) is 0 Å². The number of rotatable bonds is 8. The van der Waals surface area contributed by atoms with Gasteiger partial charge in [0.1, 0.15) is 5.60 Å². The number of nitro groups is 1.